The number of hydrogen-bond acceptors (Lipinski definition) is 5. The van der Waals surface area contributed by atoms with Crippen LogP contribution in [0.25, 0.3) is 10.2 Å². The minimum Gasteiger partial charge on any atom is -0.481 e. The Balaban J connectivity index is 1.65. The highest BCUT2D eigenvalue weighted by Crippen LogP contribution is 2.25. The Morgan fingerprint density at radius 2 is 2.27 bits per heavy atom. The Kier molecular flexibility index (Phi) is 3.93. The first-order chi connectivity index (χ1) is 10.5. The quantitative estimate of drug-likeness (QED) is 0.868. The fourth-order valence-electron chi connectivity index (χ4n) is 2.77. The lowest BCUT2D eigenvalue weighted by atomic mass is 10.1. The van der Waals surface area contributed by atoms with E-state index in [2.05, 4.69) is 10.3 Å². The van der Waals surface area contributed by atoms with Crippen molar-refractivity contribution in [3.8, 4) is 0 Å². The molecule has 2 aromatic rings. The predicted molar refractivity (Wildman–Crippen MR) is 80.8 cm³/mol. The summed E-state index contributed by atoms with van der Waals surface area (Å²) >= 11 is 1.38. The molecule has 0 saturated heterocycles. The molecule has 1 amide bonds. The molecule has 0 radical (unpaired) electrons. The number of thiophene rings is 1. The number of nitrogens with zero attached hydrogens (tertiary/aromatic N) is 2. The van der Waals surface area contributed by atoms with Crippen molar-refractivity contribution < 1.29 is 14.7 Å². The number of nitrogens with one attached hydrogen (secondary N) is 1. The van der Waals surface area contributed by atoms with Gasteiger partial charge in [0.15, 0.2) is 0 Å². The van der Waals surface area contributed by atoms with Crippen LogP contribution in [0, 0.1) is 5.92 Å². The average molecular weight is 321 g/mol. The first-order valence-corrected chi connectivity index (χ1v) is 7.87. The van der Waals surface area contributed by atoms with Gasteiger partial charge in [0.2, 0.25) is 5.91 Å². The minimum absolute atomic E-state index is 0.105. The highest BCUT2D eigenvalue weighted by molar-refractivity contribution is 7.16. The van der Waals surface area contributed by atoms with Gasteiger partial charge in [-0.1, -0.05) is 0 Å². The van der Waals surface area contributed by atoms with Crippen LogP contribution < -0.4 is 10.9 Å². The number of carbonyl (C=O) groups is 2. The van der Waals surface area contributed by atoms with Gasteiger partial charge in [-0.05, 0) is 30.7 Å². The molecule has 8 heteroatoms. The predicted octanol–water partition coefficient (Wildman–Crippen LogP) is 0.827. The molecule has 3 rings (SSSR count). The third kappa shape index (κ3) is 2.87. The topological polar surface area (TPSA) is 101 Å². The molecule has 0 aromatic carbocycles. The number of hydrogen-bond donors (Lipinski definition) is 2. The Labute approximate surface area is 129 Å². The van der Waals surface area contributed by atoms with Crippen molar-refractivity contribution in [2.24, 2.45) is 5.92 Å². The van der Waals surface area contributed by atoms with Gasteiger partial charge in [-0.25, -0.2) is 4.98 Å². The van der Waals surface area contributed by atoms with Crippen LogP contribution in [-0.2, 0) is 16.1 Å². The second-order valence-electron chi connectivity index (χ2n) is 5.43. The zero-order valence-corrected chi connectivity index (χ0v) is 12.5. The van der Waals surface area contributed by atoms with Crippen LogP contribution in [0.4, 0.5) is 0 Å². The van der Waals surface area contributed by atoms with E-state index in [0.29, 0.717) is 29.5 Å². The van der Waals surface area contributed by atoms with Crippen LogP contribution in [0.5, 0.6) is 0 Å². The van der Waals surface area contributed by atoms with Gasteiger partial charge >= 0.3 is 5.97 Å². The summed E-state index contributed by atoms with van der Waals surface area (Å²) in [6, 6.07) is 1.56. The van der Waals surface area contributed by atoms with Crippen molar-refractivity contribution in [2.75, 3.05) is 0 Å². The molecule has 1 saturated carbocycles. The van der Waals surface area contributed by atoms with E-state index in [4.69, 9.17) is 5.11 Å². The highest BCUT2D eigenvalue weighted by Gasteiger charge is 2.30. The fourth-order valence-corrected chi connectivity index (χ4v) is 3.49. The number of aromatic nitrogens is 2. The molecule has 2 N–H and O–H groups in total. The number of amides is 1. The Bertz CT molecular complexity index is 782. The van der Waals surface area contributed by atoms with Crippen LogP contribution in [-0.4, -0.2) is 32.6 Å². The number of fused-ring (bicyclic) bond motifs is 1. The van der Waals surface area contributed by atoms with E-state index in [1.165, 1.54) is 22.2 Å². The van der Waals surface area contributed by atoms with Crippen molar-refractivity contribution in [1.29, 1.82) is 0 Å². The van der Waals surface area contributed by atoms with E-state index >= 15 is 0 Å². The summed E-state index contributed by atoms with van der Waals surface area (Å²) in [4.78, 5) is 39.9. The van der Waals surface area contributed by atoms with Crippen LogP contribution in [0.3, 0.4) is 0 Å². The number of rotatable bonds is 4. The Morgan fingerprint density at radius 3 is 3.00 bits per heavy atom. The van der Waals surface area contributed by atoms with E-state index in [-0.39, 0.29) is 24.1 Å². The van der Waals surface area contributed by atoms with Crippen molar-refractivity contribution in [3.63, 3.8) is 0 Å². The van der Waals surface area contributed by atoms with Crippen molar-refractivity contribution in [1.82, 2.24) is 14.9 Å². The lowest BCUT2D eigenvalue weighted by Crippen LogP contribution is -2.38. The first-order valence-electron chi connectivity index (χ1n) is 6.99. The normalized spacial score (nSPS) is 21.1. The molecule has 1 aliphatic rings. The van der Waals surface area contributed by atoms with Crippen LogP contribution in [0.15, 0.2) is 22.6 Å². The van der Waals surface area contributed by atoms with Gasteiger partial charge in [0.1, 0.15) is 11.4 Å². The summed E-state index contributed by atoms with van der Waals surface area (Å²) in [5.41, 5.74) is -0.240. The number of carboxylic acid groups (broad SMARTS) is 1. The molecule has 2 heterocycles. The minimum atomic E-state index is -0.819. The monoisotopic (exact) mass is 321 g/mol. The summed E-state index contributed by atoms with van der Waals surface area (Å²) in [5, 5.41) is 14.0. The lowest BCUT2D eigenvalue weighted by Gasteiger charge is -2.13. The molecule has 0 bridgehead atoms. The maximum absolute atomic E-state index is 12.2. The Morgan fingerprint density at radius 1 is 1.45 bits per heavy atom. The zero-order chi connectivity index (χ0) is 15.7. The molecular weight excluding hydrogens is 306 g/mol. The van der Waals surface area contributed by atoms with Crippen LogP contribution >= 0.6 is 11.3 Å². The van der Waals surface area contributed by atoms with Crippen molar-refractivity contribution in [3.05, 3.63) is 28.1 Å². The zero-order valence-electron chi connectivity index (χ0n) is 11.7. The molecule has 2 aromatic heterocycles. The molecule has 0 unspecified atom stereocenters. The summed E-state index contributed by atoms with van der Waals surface area (Å²) in [6.07, 6.45) is 3.04. The number of carboxylic acids is 1. The van der Waals surface area contributed by atoms with E-state index in [1.54, 1.807) is 11.4 Å². The average Bonchev–Trinajstić information content (AvgIpc) is 3.11. The van der Waals surface area contributed by atoms with Gasteiger partial charge in [0, 0.05) is 6.04 Å². The maximum atomic E-state index is 12.2. The maximum Gasteiger partial charge on any atom is 0.306 e. The third-order valence-electron chi connectivity index (χ3n) is 3.91. The molecule has 1 aliphatic carbocycles. The van der Waals surface area contributed by atoms with E-state index in [0.717, 1.165) is 0 Å². The standard InChI is InChI=1S/C14H15N3O4S/c18-11(16-9-2-1-8(5-9)14(20)21)6-17-7-15-12-10(13(17)19)3-4-22-12/h3-4,7-9H,1-2,5-6H2,(H,16,18)(H,20,21)/t8-,9+/m0/s1. The van der Waals surface area contributed by atoms with Gasteiger partial charge < -0.3 is 10.4 Å². The molecule has 0 spiro atoms. The van der Waals surface area contributed by atoms with E-state index < -0.39 is 11.9 Å². The van der Waals surface area contributed by atoms with Gasteiger partial charge in [0.25, 0.3) is 5.56 Å². The van der Waals surface area contributed by atoms with Crippen LogP contribution in [0.1, 0.15) is 19.3 Å². The summed E-state index contributed by atoms with van der Waals surface area (Å²) in [7, 11) is 0. The van der Waals surface area contributed by atoms with Crippen molar-refractivity contribution >= 4 is 33.4 Å². The van der Waals surface area contributed by atoms with E-state index in [1.807, 2.05) is 0 Å². The van der Waals surface area contributed by atoms with Gasteiger partial charge in [-0.15, -0.1) is 11.3 Å². The largest absolute Gasteiger partial charge is 0.481 e. The molecular formula is C14H15N3O4S. The van der Waals surface area contributed by atoms with Crippen molar-refractivity contribution in [2.45, 2.75) is 31.8 Å². The second kappa shape index (κ2) is 5.88. The lowest BCUT2D eigenvalue weighted by molar-refractivity contribution is -0.141. The highest BCUT2D eigenvalue weighted by atomic mass is 32.1. The fraction of sp³-hybridized carbons (Fsp3) is 0.429. The molecule has 0 aliphatic heterocycles. The number of carbonyl (C=O) groups excluding carboxylic acids is 1. The number of aliphatic carboxylic acids is 1. The Hall–Kier alpha value is -2.22. The summed E-state index contributed by atoms with van der Waals surface area (Å²) in [6.45, 7) is -0.105. The van der Waals surface area contributed by atoms with Crippen LogP contribution in [0.2, 0.25) is 0 Å². The summed E-state index contributed by atoms with van der Waals surface area (Å²) in [5.74, 6) is -1.51. The SMILES string of the molecule is O=C(Cn1cnc2sccc2c1=O)N[C@@H]1CC[C@H](C(=O)O)C1. The molecule has 1 fully saturated rings. The molecule has 7 nitrogen and oxygen atoms in total. The first kappa shape index (κ1) is 14.7. The third-order valence-corrected chi connectivity index (χ3v) is 4.73. The molecule has 2 atom stereocenters. The molecule has 116 valence electrons. The molecule has 22 heavy (non-hydrogen) atoms. The second-order valence-corrected chi connectivity index (χ2v) is 6.32. The van der Waals surface area contributed by atoms with E-state index in [9.17, 15) is 14.4 Å². The van der Waals surface area contributed by atoms with Gasteiger partial charge in [-0.3, -0.25) is 19.0 Å². The smallest absolute Gasteiger partial charge is 0.306 e. The van der Waals surface area contributed by atoms with Gasteiger partial charge in [0.05, 0.1) is 17.6 Å². The van der Waals surface area contributed by atoms with Gasteiger partial charge in [-0.2, -0.15) is 0 Å². The summed E-state index contributed by atoms with van der Waals surface area (Å²) < 4.78 is 1.27.